The molecule has 1 unspecified atom stereocenters. The van der Waals surface area contributed by atoms with Crippen LogP contribution in [0.3, 0.4) is 0 Å². The van der Waals surface area contributed by atoms with Gasteiger partial charge >= 0.3 is 0 Å². The standard InChI is InChI=1S/C30H36ClN9O3S/c1-17-25(35-14-18-3-2-4-19(13-18)37-20-5-6-23(41)39-28(20)42)30(16-43-17)8-11-40(12-9-30)22-15-36-29(27(33)38-22)44-21-7-10-34-26(32)24(21)31/h2-4,7,10,13,15,17,20,25,35,37H,5-6,8-9,11-12,14,16H2,1H3,(H2,32,34)(H2,33,38)(H,39,41,42)/t17-,20?,25+/m0/s1. The quantitative estimate of drug-likeness (QED) is 0.229. The minimum Gasteiger partial charge on any atom is -0.382 e. The summed E-state index contributed by atoms with van der Waals surface area (Å²) >= 11 is 7.60. The molecule has 232 valence electrons. The maximum Gasteiger partial charge on any atom is 0.249 e. The molecule has 3 aliphatic rings. The van der Waals surface area contributed by atoms with Gasteiger partial charge in [0.1, 0.15) is 22.7 Å². The summed E-state index contributed by atoms with van der Waals surface area (Å²) in [6.45, 7) is 5.13. The molecule has 0 radical (unpaired) electrons. The van der Waals surface area contributed by atoms with Crippen LogP contribution in [-0.2, 0) is 20.9 Å². The third-order valence-corrected chi connectivity index (χ3v) is 10.3. The number of hydrogen-bond donors (Lipinski definition) is 5. The predicted molar refractivity (Wildman–Crippen MR) is 170 cm³/mol. The van der Waals surface area contributed by atoms with Gasteiger partial charge in [-0.25, -0.2) is 15.0 Å². The van der Waals surface area contributed by atoms with Crippen molar-refractivity contribution in [2.75, 3.05) is 41.4 Å². The van der Waals surface area contributed by atoms with E-state index in [9.17, 15) is 9.59 Å². The van der Waals surface area contributed by atoms with Crippen molar-refractivity contribution in [1.82, 2.24) is 25.6 Å². The highest BCUT2D eigenvalue weighted by molar-refractivity contribution is 7.99. The van der Waals surface area contributed by atoms with Crippen LogP contribution >= 0.6 is 23.4 Å². The first-order valence-electron chi connectivity index (χ1n) is 14.7. The number of ether oxygens (including phenoxy) is 1. The Hall–Kier alpha value is -3.65. The smallest absolute Gasteiger partial charge is 0.249 e. The van der Waals surface area contributed by atoms with Crippen LogP contribution in [0.1, 0.15) is 38.2 Å². The maximum absolute atomic E-state index is 12.2. The predicted octanol–water partition coefficient (Wildman–Crippen LogP) is 3.22. The minimum absolute atomic E-state index is 0.00525. The minimum atomic E-state index is -0.415. The number of benzene rings is 1. The van der Waals surface area contributed by atoms with Crippen molar-refractivity contribution in [3.05, 3.63) is 53.3 Å². The summed E-state index contributed by atoms with van der Waals surface area (Å²) in [5.74, 6) is 0.848. The molecule has 0 saturated carbocycles. The van der Waals surface area contributed by atoms with E-state index in [0.717, 1.165) is 47.9 Å². The summed E-state index contributed by atoms with van der Waals surface area (Å²) in [5, 5.41) is 10.4. The zero-order chi connectivity index (χ0) is 30.8. The van der Waals surface area contributed by atoms with Crippen LogP contribution in [0, 0.1) is 5.41 Å². The van der Waals surface area contributed by atoms with Gasteiger partial charge in [0.25, 0.3) is 0 Å². The fourth-order valence-corrected chi connectivity index (χ4v) is 7.28. The van der Waals surface area contributed by atoms with Crippen molar-refractivity contribution < 1.29 is 14.3 Å². The van der Waals surface area contributed by atoms with E-state index < -0.39 is 6.04 Å². The Bertz CT molecular complexity index is 1550. The first-order valence-corrected chi connectivity index (χ1v) is 15.9. The number of nitrogen functional groups attached to an aromatic ring is 2. The molecule has 6 rings (SSSR count). The second kappa shape index (κ2) is 12.8. The zero-order valence-electron chi connectivity index (χ0n) is 24.4. The molecule has 0 aliphatic carbocycles. The third-order valence-electron chi connectivity index (χ3n) is 8.72. The fourth-order valence-electron chi connectivity index (χ4n) is 6.27. The lowest BCUT2D eigenvalue weighted by Gasteiger charge is -2.43. The number of amides is 2. The van der Waals surface area contributed by atoms with Crippen molar-refractivity contribution >= 4 is 58.3 Å². The molecule has 14 heteroatoms. The van der Waals surface area contributed by atoms with Gasteiger partial charge in [0, 0.05) is 54.3 Å². The SMILES string of the molecule is C[C@@H]1OCC2(CCN(c3cnc(Sc4ccnc(N)c4Cl)c(N)n3)CC2)[C@@H]1NCc1cccc(NC2CCC(=O)NC2=O)c1. The zero-order valence-corrected chi connectivity index (χ0v) is 26.0. The summed E-state index contributed by atoms with van der Waals surface area (Å²) in [7, 11) is 0. The molecule has 3 atom stereocenters. The van der Waals surface area contributed by atoms with E-state index >= 15 is 0 Å². The number of hydrogen-bond acceptors (Lipinski definition) is 12. The lowest BCUT2D eigenvalue weighted by atomic mass is 9.73. The molecular weight excluding hydrogens is 602 g/mol. The van der Waals surface area contributed by atoms with Crippen LogP contribution < -0.4 is 32.3 Å². The molecule has 2 aromatic heterocycles. The summed E-state index contributed by atoms with van der Waals surface area (Å²) in [6.07, 6.45) is 6.14. The van der Waals surface area contributed by atoms with Crippen molar-refractivity contribution in [1.29, 1.82) is 0 Å². The van der Waals surface area contributed by atoms with E-state index in [1.54, 1.807) is 18.5 Å². The second-order valence-electron chi connectivity index (χ2n) is 11.6. The van der Waals surface area contributed by atoms with Crippen LogP contribution in [0.2, 0.25) is 5.02 Å². The number of rotatable bonds is 8. The Morgan fingerprint density at radius 2 is 2.00 bits per heavy atom. The number of imide groups is 1. The average Bonchev–Trinajstić information content (AvgIpc) is 3.31. The number of halogens is 1. The van der Waals surface area contributed by atoms with E-state index in [2.05, 4.69) is 54.9 Å². The van der Waals surface area contributed by atoms with E-state index in [1.807, 2.05) is 12.1 Å². The number of nitrogens with zero attached hydrogens (tertiary/aromatic N) is 4. The lowest BCUT2D eigenvalue weighted by Crippen LogP contribution is -2.52. The molecule has 2 amide bonds. The van der Waals surface area contributed by atoms with Gasteiger partial charge < -0.3 is 31.7 Å². The number of pyridine rings is 1. The molecule has 0 bridgehead atoms. The number of carbonyl (C=O) groups is 2. The molecule has 3 fully saturated rings. The number of anilines is 4. The topological polar surface area (TPSA) is 173 Å². The van der Waals surface area contributed by atoms with E-state index in [0.29, 0.717) is 41.9 Å². The average molecular weight is 638 g/mol. The van der Waals surface area contributed by atoms with Gasteiger partial charge in [0.05, 0.1) is 23.9 Å². The molecular formula is C30H36ClN9O3S. The van der Waals surface area contributed by atoms with Crippen LogP contribution in [0.5, 0.6) is 0 Å². The van der Waals surface area contributed by atoms with Crippen LogP contribution in [0.25, 0.3) is 0 Å². The largest absolute Gasteiger partial charge is 0.382 e. The summed E-state index contributed by atoms with van der Waals surface area (Å²) < 4.78 is 6.20. The van der Waals surface area contributed by atoms with E-state index in [-0.39, 0.29) is 35.2 Å². The number of nitrogens with two attached hydrogens (primary N) is 2. The number of aromatic nitrogens is 3. The Morgan fingerprint density at radius 3 is 2.77 bits per heavy atom. The number of piperidine rings is 2. The van der Waals surface area contributed by atoms with Crippen molar-refractivity contribution in [3.8, 4) is 0 Å². The van der Waals surface area contributed by atoms with Gasteiger partial charge in [-0.1, -0.05) is 35.5 Å². The Morgan fingerprint density at radius 1 is 1.18 bits per heavy atom. The normalized spacial score (nSPS) is 23.1. The molecule has 3 saturated heterocycles. The monoisotopic (exact) mass is 637 g/mol. The molecule has 12 nitrogen and oxygen atoms in total. The van der Waals surface area contributed by atoms with Crippen LogP contribution in [0.15, 0.2) is 52.6 Å². The highest BCUT2D eigenvalue weighted by Gasteiger charge is 2.49. The summed E-state index contributed by atoms with van der Waals surface area (Å²) in [6, 6.07) is 9.58. The first-order chi connectivity index (χ1) is 21.2. The molecule has 44 heavy (non-hydrogen) atoms. The summed E-state index contributed by atoms with van der Waals surface area (Å²) in [5.41, 5.74) is 14.1. The van der Waals surface area contributed by atoms with Crippen molar-refractivity contribution in [2.45, 2.75) is 67.3 Å². The fraction of sp³-hybridized carbons (Fsp3) is 0.433. The Balaban J connectivity index is 1.06. The maximum atomic E-state index is 12.2. The van der Waals surface area contributed by atoms with Gasteiger partial charge in [-0.05, 0) is 49.9 Å². The highest BCUT2D eigenvalue weighted by atomic mass is 35.5. The third kappa shape index (κ3) is 6.41. The first kappa shape index (κ1) is 30.4. The molecule has 7 N–H and O–H groups in total. The molecule has 5 heterocycles. The van der Waals surface area contributed by atoms with Gasteiger partial charge in [0.2, 0.25) is 11.8 Å². The Kier molecular flexibility index (Phi) is 8.81. The Labute approximate surface area is 265 Å². The van der Waals surface area contributed by atoms with Gasteiger partial charge in [-0.3, -0.25) is 14.9 Å². The van der Waals surface area contributed by atoms with Gasteiger partial charge in [-0.15, -0.1) is 0 Å². The van der Waals surface area contributed by atoms with Crippen LogP contribution in [-0.4, -0.2) is 64.7 Å². The molecule has 1 aromatic carbocycles. The molecule has 1 spiro atoms. The molecule has 3 aliphatic heterocycles. The van der Waals surface area contributed by atoms with Gasteiger partial charge in [-0.2, -0.15) is 0 Å². The number of nitrogens with one attached hydrogen (secondary N) is 3. The van der Waals surface area contributed by atoms with Crippen molar-refractivity contribution in [3.63, 3.8) is 0 Å². The second-order valence-corrected chi connectivity index (χ2v) is 13.0. The summed E-state index contributed by atoms with van der Waals surface area (Å²) in [4.78, 5) is 39.9. The highest BCUT2D eigenvalue weighted by Crippen LogP contribution is 2.43. The van der Waals surface area contributed by atoms with Gasteiger partial charge in [0.15, 0.2) is 5.82 Å². The number of carbonyl (C=O) groups excluding carboxylic acids is 2. The van der Waals surface area contributed by atoms with Crippen LogP contribution in [0.4, 0.5) is 23.1 Å². The molecule has 3 aromatic rings. The lowest BCUT2D eigenvalue weighted by molar-refractivity contribution is -0.133. The van der Waals surface area contributed by atoms with Crippen molar-refractivity contribution in [2.24, 2.45) is 5.41 Å². The van der Waals surface area contributed by atoms with E-state index in [1.165, 1.54) is 11.8 Å². The van der Waals surface area contributed by atoms with E-state index in [4.69, 9.17) is 27.8 Å².